The summed E-state index contributed by atoms with van der Waals surface area (Å²) < 4.78 is 0. The lowest BCUT2D eigenvalue weighted by Gasteiger charge is -2.19. The number of carbonyl (C=O) groups is 1. The van der Waals surface area contributed by atoms with Gasteiger partial charge in [-0.05, 0) is 27.0 Å². The zero-order valence-corrected chi connectivity index (χ0v) is 9.44. The molecule has 0 aromatic carbocycles. The van der Waals surface area contributed by atoms with Crippen LogP contribution in [0.15, 0.2) is 0 Å². The highest BCUT2D eigenvalue weighted by atomic mass is 32.2. The van der Waals surface area contributed by atoms with Crippen molar-refractivity contribution in [3.8, 4) is 0 Å². The lowest BCUT2D eigenvalue weighted by Crippen LogP contribution is -2.37. The normalized spacial score (nSPS) is 10.2. The highest BCUT2D eigenvalue weighted by Gasteiger charge is 2.06. The molecule has 0 aliphatic carbocycles. The molecule has 0 saturated heterocycles. The Balaban J connectivity index is 0. The van der Waals surface area contributed by atoms with Crippen LogP contribution in [0.4, 0.5) is 4.79 Å². The number of thioether (sulfide) groups is 1. The Morgan fingerprint density at radius 3 is 2.00 bits per heavy atom. The smallest absolute Gasteiger partial charge is 0.450 e. The van der Waals surface area contributed by atoms with E-state index in [1.165, 1.54) is 5.75 Å². The number of hydrogen-bond donors (Lipinski definition) is 3. The van der Waals surface area contributed by atoms with Gasteiger partial charge in [0.15, 0.2) is 0 Å². The van der Waals surface area contributed by atoms with Crippen molar-refractivity contribution in [2.75, 3.05) is 18.6 Å². The van der Waals surface area contributed by atoms with E-state index in [2.05, 4.69) is 32.3 Å². The molecule has 0 aliphatic rings. The van der Waals surface area contributed by atoms with Crippen molar-refractivity contribution in [2.45, 2.75) is 26.3 Å². The summed E-state index contributed by atoms with van der Waals surface area (Å²) in [6.07, 6.45) is 0.296. The largest absolute Gasteiger partial charge is 0.503 e. The van der Waals surface area contributed by atoms with Crippen LogP contribution in [0.25, 0.3) is 0 Å². The fraction of sp³-hybridized carbons (Fsp3) is 0.875. The second-order valence-electron chi connectivity index (χ2n) is 3.45. The van der Waals surface area contributed by atoms with Crippen LogP contribution in [-0.4, -0.2) is 40.5 Å². The molecule has 3 N–H and O–H groups in total. The highest BCUT2D eigenvalue weighted by Crippen LogP contribution is 1.98. The van der Waals surface area contributed by atoms with Crippen LogP contribution < -0.4 is 5.32 Å². The average Bonchev–Trinajstić information content (AvgIpc) is 1.83. The topological polar surface area (TPSA) is 69.6 Å². The molecule has 0 aliphatic heterocycles. The Hall–Kier alpha value is -0.420. The van der Waals surface area contributed by atoms with Crippen molar-refractivity contribution in [1.82, 2.24) is 5.32 Å². The van der Waals surface area contributed by atoms with Crippen LogP contribution >= 0.6 is 11.8 Å². The van der Waals surface area contributed by atoms with Gasteiger partial charge in [0.05, 0.1) is 0 Å². The third-order valence-electron chi connectivity index (χ3n) is 0.962. The van der Waals surface area contributed by atoms with Gasteiger partial charge in [0, 0.05) is 17.8 Å². The second-order valence-corrected chi connectivity index (χ2v) is 4.44. The Kier molecular flexibility index (Phi) is 9.50. The van der Waals surface area contributed by atoms with Gasteiger partial charge in [0.25, 0.3) is 0 Å². The van der Waals surface area contributed by atoms with E-state index in [0.29, 0.717) is 0 Å². The number of rotatable bonds is 3. The van der Waals surface area contributed by atoms with Crippen molar-refractivity contribution in [3.63, 3.8) is 0 Å². The van der Waals surface area contributed by atoms with Crippen molar-refractivity contribution < 1.29 is 15.0 Å². The first kappa shape index (κ1) is 15.1. The van der Waals surface area contributed by atoms with Gasteiger partial charge < -0.3 is 15.5 Å². The maximum atomic E-state index is 8.56. The predicted octanol–water partition coefficient (Wildman–Crippen LogP) is 1.96. The van der Waals surface area contributed by atoms with Crippen LogP contribution in [-0.2, 0) is 0 Å². The fourth-order valence-electron chi connectivity index (χ4n) is 0.528. The average molecular weight is 209 g/mol. The van der Waals surface area contributed by atoms with Gasteiger partial charge in [-0.15, -0.1) is 0 Å². The number of hydrogen-bond acceptors (Lipinski definition) is 3. The molecule has 0 atom stereocenters. The summed E-state index contributed by atoms with van der Waals surface area (Å²) in [5, 5.41) is 17.3. The van der Waals surface area contributed by atoms with E-state index in [9.17, 15) is 0 Å². The minimum Gasteiger partial charge on any atom is -0.450 e. The molecule has 0 aromatic rings. The molecule has 0 unspecified atom stereocenters. The van der Waals surface area contributed by atoms with E-state index in [1.807, 2.05) is 11.8 Å². The van der Waals surface area contributed by atoms with Crippen LogP contribution in [0.3, 0.4) is 0 Å². The van der Waals surface area contributed by atoms with E-state index in [-0.39, 0.29) is 5.54 Å². The summed E-state index contributed by atoms with van der Waals surface area (Å²) in [5.41, 5.74) is 0.287. The van der Waals surface area contributed by atoms with E-state index in [4.69, 9.17) is 15.0 Å². The molecule has 0 heterocycles. The zero-order chi connectivity index (χ0) is 10.9. The quantitative estimate of drug-likeness (QED) is 0.620. The molecule has 0 aromatic heterocycles. The number of carboxylic acid groups (broad SMARTS) is 2. The van der Waals surface area contributed by atoms with Crippen molar-refractivity contribution in [1.29, 1.82) is 0 Å². The molecule has 0 spiro atoms. The zero-order valence-electron chi connectivity index (χ0n) is 8.63. The van der Waals surface area contributed by atoms with E-state index in [1.54, 1.807) is 0 Å². The van der Waals surface area contributed by atoms with Gasteiger partial charge >= 0.3 is 6.16 Å². The maximum absolute atomic E-state index is 8.56. The first-order valence-electron chi connectivity index (χ1n) is 3.95. The first-order valence-corrected chi connectivity index (χ1v) is 5.35. The predicted molar refractivity (Wildman–Crippen MR) is 56.8 cm³/mol. The summed E-state index contributed by atoms with van der Waals surface area (Å²) in [5.74, 6) is 1.21. The minimum atomic E-state index is -1.83. The molecule has 4 nitrogen and oxygen atoms in total. The standard InChI is InChI=1S/C7H17NS.CH2O3/c1-7(2,3)8-5-6-9-4;2-1(3)4/h8H,5-6H2,1-4H3;(H2,2,3,4). The van der Waals surface area contributed by atoms with Crippen LogP contribution in [0.2, 0.25) is 0 Å². The molecular weight excluding hydrogens is 190 g/mol. The molecule has 5 heteroatoms. The van der Waals surface area contributed by atoms with E-state index in [0.717, 1.165) is 6.54 Å². The Bertz CT molecular complexity index is 130. The van der Waals surface area contributed by atoms with Crippen LogP contribution in [0, 0.1) is 0 Å². The van der Waals surface area contributed by atoms with Gasteiger partial charge in [0.1, 0.15) is 0 Å². The molecule has 0 saturated carbocycles. The van der Waals surface area contributed by atoms with Crippen LogP contribution in [0.1, 0.15) is 20.8 Å². The molecular formula is C8H19NO3S. The third kappa shape index (κ3) is 34.1. The third-order valence-corrected chi connectivity index (χ3v) is 1.57. The van der Waals surface area contributed by atoms with Crippen molar-refractivity contribution >= 4 is 17.9 Å². The number of nitrogens with one attached hydrogen (secondary N) is 1. The molecule has 0 rings (SSSR count). The van der Waals surface area contributed by atoms with Crippen LogP contribution in [0.5, 0.6) is 0 Å². The van der Waals surface area contributed by atoms with Crippen molar-refractivity contribution in [3.05, 3.63) is 0 Å². The molecule has 80 valence electrons. The van der Waals surface area contributed by atoms with Gasteiger partial charge in [-0.25, -0.2) is 4.79 Å². The minimum absolute atomic E-state index is 0.287. The Morgan fingerprint density at radius 2 is 1.77 bits per heavy atom. The van der Waals surface area contributed by atoms with E-state index >= 15 is 0 Å². The molecule has 13 heavy (non-hydrogen) atoms. The lowest BCUT2D eigenvalue weighted by molar-refractivity contribution is 0.137. The van der Waals surface area contributed by atoms with Gasteiger partial charge in [-0.2, -0.15) is 11.8 Å². The summed E-state index contributed by atoms with van der Waals surface area (Å²) >= 11 is 1.88. The molecule has 0 fully saturated rings. The fourth-order valence-corrected chi connectivity index (χ4v) is 0.834. The van der Waals surface area contributed by atoms with Gasteiger partial charge in [-0.1, -0.05) is 0 Å². The summed E-state index contributed by atoms with van der Waals surface area (Å²) in [6.45, 7) is 7.68. The summed E-state index contributed by atoms with van der Waals surface area (Å²) in [6, 6.07) is 0. The molecule has 0 amide bonds. The Morgan fingerprint density at radius 1 is 1.38 bits per heavy atom. The SMILES string of the molecule is CSCCNC(C)(C)C.O=C(O)O. The summed E-state index contributed by atoms with van der Waals surface area (Å²) in [7, 11) is 0. The van der Waals surface area contributed by atoms with E-state index < -0.39 is 6.16 Å². The lowest BCUT2D eigenvalue weighted by atomic mass is 10.1. The summed E-state index contributed by atoms with van der Waals surface area (Å²) in [4.78, 5) is 8.56. The van der Waals surface area contributed by atoms with Gasteiger partial charge in [0.2, 0.25) is 0 Å². The maximum Gasteiger partial charge on any atom is 0.503 e. The monoisotopic (exact) mass is 209 g/mol. The first-order chi connectivity index (χ1) is 5.79. The second kappa shape index (κ2) is 8.19. The Labute approximate surface area is 83.7 Å². The highest BCUT2D eigenvalue weighted by molar-refractivity contribution is 7.98. The molecule has 0 bridgehead atoms. The van der Waals surface area contributed by atoms with Crippen molar-refractivity contribution in [2.24, 2.45) is 0 Å². The van der Waals surface area contributed by atoms with Gasteiger partial charge in [-0.3, -0.25) is 0 Å². The molecule has 0 radical (unpaired) electrons.